The van der Waals surface area contributed by atoms with Crippen molar-refractivity contribution in [3.63, 3.8) is 0 Å². The summed E-state index contributed by atoms with van der Waals surface area (Å²) in [5.41, 5.74) is 8.03. The molecular formula is C37H47N5O4Si. The Morgan fingerprint density at radius 1 is 1.06 bits per heavy atom. The number of carboxylic acids is 1. The molecule has 5 aromatic rings. The lowest BCUT2D eigenvalue weighted by Gasteiger charge is -2.36. The van der Waals surface area contributed by atoms with Crippen molar-refractivity contribution in [2.45, 2.75) is 70.7 Å². The second-order valence-corrected chi connectivity index (χ2v) is 19.7. The molecule has 0 amide bonds. The van der Waals surface area contributed by atoms with Gasteiger partial charge >= 0.3 is 5.97 Å². The van der Waals surface area contributed by atoms with Gasteiger partial charge in [0, 0.05) is 52.2 Å². The van der Waals surface area contributed by atoms with Gasteiger partial charge in [-0.1, -0.05) is 37.8 Å². The predicted octanol–water partition coefficient (Wildman–Crippen LogP) is 7.69. The van der Waals surface area contributed by atoms with E-state index in [-0.39, 0.29) is 6.04 Å². The van der Waals surface area contributed by atoms with Crippen LogP contribution in [0.3, 0.4) is 0 Å². The number of hydrogen-bond donors (Lipinski definition) is 1. The minimum Gasteiger partial charge on any atom is -0.478 e. The van der Waals surface area contributed by atoms with Gasteiger partial charge < -0.3 is 23.7 Å². The fourth-order valence-corrected chi connectivity index (χ4v) is 7.61. The highest BCUT2D eigenvalue weighted by Crippen LogP contribution is 2.37. The van der Waals surface area contributed by atoms with Crippen LogP contribution in [0.5, 0.6) is 0 Å². The molecule has 0 radical (unpaired) electrons. The zero-order valence-electron chi connectivity index (χ0n) is 28.5. The molecular weight excluding hydrogens is 607 g/mol. The molecule has 0 unspecified atom stereocenters. The SMILES string of the molecule is COCc1nc2ccc(-c3ccnc4c3cc([C@H](C)N3CCC(c5ccc(C(=O)O)cc5)CC3)n4C)cc2n1COCC[Si](C)(C)C. The van der Waals surface area contributed by atoms with Crippen molar-refractivity contribution in [2.75, 3.05) is 26.8 Å². The first-order valence-electron chi connectivity index (χ1n) is 16.6. The number of nitrogens with zero attached hydrogens (tertiary/aromatic N) is 5. The Hall–Kier alpha value is -3.83. The van der Waals surface area contributed by atoms with E-state index in [1.54, 1.807) is 19.2 Å². The molecule has 0 spiro atoms. The van der Waals surface area contributed by atoms with Gasteiger partial charge in [0.05, 0.1) is 16.6 Å². The third kappa shape index (κ3) is 7.06. The van der Waals surface area contributed by atoms with E-state index in [1.807, 2.05) is 18.3 Å². The highest BCUT2D eigenvalue weighted by Gasteiger charge is 2.27. The second-order valence-electron chi connectivity index (χ2n) is 14.1. The average Bonchev–Trinajstić information content (AvgIpc) is 3.58. The summed E-state index contributed by atoms with van der Waals surface area (Å²) in [5, 5.41) is 10.4. The first kappa shape index (κ1) is 33.1. The lowest BCUT2D eigenvalue weighted by Crippen LogP contribution is -2.35. The van der Waals surface area contributed by atoms with Crippen LogP contribution in [0.25, 0.3) is 33.2 Å². The van der Waals surface area contributed by atoms with E-state index in [0.717, 1.165) is 77.6 Å². The molecule has 1 atom stereocenters. The Labute approximate surface area is 278 Å². The zero-order chi connectivity index (χ0) is 33.3. The molecule has 1 fully saturated rings. The Balaban J connectivity index is 1.24. The van der Waals surface area contributed by atoms with Crippen LogP contribution in [0.4, 0.5) is 0 Å². The van der Waals surface area contributed by atoms with Gasteiger partial charge in [0.2, 0.25) is 0 Å². The van der Waals surface area contributed by atoms with Crippen LogP contribution in [-0.4, -0.2) is 70.0 Å². The molecule has 0 saturated carbocycles. The Morgan fingerprint density at radius 3 is 2.49 bits per heavy atom. The number of methoxy groups -OCH3 is 1. The van der Waals surface area contributed by atoms with Crippen LogP contribution in [0.2, 0.25) is 25.7 Å². The van der Waals surface area contributed by atoms with Gasteiger partial charge in [0.1, 0.15) is 24.8 Å². The lowest BCUT2D eigenvalue weighted by molar-refractivity contribution is 0.0696. The van der Waals surface area contributed by atoms with E-state index >= 15 is 0 Å². The summed E-state index contributed by atoms with van der Waals surface area (Å²) < 4.78 is 16.1. The third-order valence-electron chi connectivity index (χ3n) is 9.73. The van der Waals surface area contributed by atoms with Gasteiger partial charge in [0.25, 0.3) is 0 Å². The van der Waals surface area contributed by atoms with Gasteiger partial charge in [-0.3, -0.25) is 4.90 Å². The van der Waals surface area contributed by atoms with E-state index in [4.69, 9.17) is 19.4 Å². The number of imidazole rings is 1. The van der Waals surface area contributed by atoms with Crippen molar-refractivity contribution in [1.82, 2.24) is 24.0 Å². The maximum atomic E-state index is 11.3. The van der Waals surface area contributed by atoms with Crippen molar-refractivity contribution < 1.29 is 19.4 Å². The van der Waals surface area contributed by atoms with Crippen molar-refractivity contribution in [3.8, 4) is 11.1 Å². The quantitative estimate of drug-likeness (QED) is 0.109. The standard InChI is InChI=1S/C37H47N5O4Si/c1-25(41-17-14-27(15-18-41)26-7-9-28(10-8-26)37(43)44)33-22-31-30(13-16-38-36(31)40(33)2)29-11-12-32-34(21-29)42(35(39-32)23-45-3)24-46-19-20-47(4,5)6/h7-13,16,21-22,25,27H,14-15,17-20,23-24H2,1-6H3,(H,43,44)/t25-/m0/s1. The van der Waals surface area contributed by atoms with Crippen molar-refractivity contribution in [3.05, 3.63) is 83.4 Å². The molecule has 1 aliphatic rings. The highest BCUT2D eigenvalue weighted by molar-refractivity contribution is 6.76. The largest absolute Gasteiger partial charge is 0.478 e. The number of benzene rings is 2. The number of ether oxygens (including phenoxy) is 2. The van der Waals surface area contributed by atoms with Crippen molar-refractivity contribution in [1.29, 1.82) is 0 Å². The number of piperidine rings is 1. The lowest BCUT2D eigenvalue weighted by atomic mass is 9.88. The average molecular weight is 654 g/mol. The summed E-state index contributed by atoms with van der Waals surface area (Å²) in [6.07, 6.45) is 4.00. The molecule has 47 heavy (non-hydrogen) atoms. The Kier molecular flexibility index (Phi) is 9.66. The van der Waals surface area contributed by atoms with Crippen LogP contribution < -0.4 is 0 Å². The molecule has 10 heteroatoms. The van der Waals surface area contributed by atoms with Gasteiger partial charge in [-0.25, -0.2) is 14.8 Å². The molecule has 4 heterocycles. The van der Waals surface area contributed by atoms with Crippen LogP contribution in [0.15, 0.2) is 60.8 Å². The van der Waals surface area contributed by atoms with Gasteiger partial charge in [-0.2, -0.15) is 0 Å². The molecule has 0 aliphatic carbocycles. The number of likely N-dealkylation sites (tertiary alicyclic amines) is 1. The molecule has 248 valence electrons. The fourth-order valence-electron chi connectivity index (χ4n) is 6.85. The normalized spacial score (nSPS) is 15.5. The summed E-state index contributed by atoms with van der Waals surface area (Å²) >= 11 is 0. The summed E-state index contributed by atoms with van der Waals surface area (Å²) in [6.45, 7) is 13.0. The topological polar surface area (TPSA) is 94.6 Å². The molecule has 1 N–H and O–H groups in total. The first-order valence-corrected chi connectivity index (χ1v) is 20.3. The minimum absolute atomic E-state index is 0.228. The second kappa shape index (κ2) is 13.7. The summed E-state index contributed by atoms with van der Waals surface area (Å²) in [5.74, 6) is 0.430. The Morgan fingerprint density at radius 2 is 1.81 bits per heavy atom. The maximum absolute atomic E-state index is 11.3. The summed E-state index contributed by atoms with van der Waals surface area (Å²) in [6, 6.07) is 19.7. The molecule has 2 aromatic carbocycles. The molecule has 1 aliphatic heterocycles. The molecule has 3 aromatic heterocycles. The monoisotopic (exact) mass is 653 g/mol. The summed E-state index contributed by atoms with van der Waals surface area (Å²) in [4.78, 5) is 23.5. The third-order valence-corrected chi connectivity index (χ3v) is 11.4. The molecule has 1 saturated heterocycles. The Bertz CT molecular complexity index is 1870. The van der Waals surface area contributed by atoms with E-state index in [9.17, 15) is 9.90 Å². The van der Waals surface area contributed by atoms with E-state index < -0.39 is 14.0 Å². The van der Waals surface area contributed by atoms with Crippen LogP contribution in [-0.2, 0) is 29.9 Å². The molecule has 0 bridgehead atoms. The zero-order valence-corrected chi connectivity index (χ0v) is 29.5. The predicted molar refractivity (Wildman–Crippen MR) is 190 cm³/mol. The van der Waals surface area contributed by atoms with E-state index in [1.165, 1.54) is 11.3 Å². The van der Waals surface area contributed by atoms with E-state index in [0.29, 0.717) is 24.8 Å². The number of rotatable bonds is 12. The number of carboxylic acid groups (broad SMARTS) is 1. The number of carbonyl (C=O) groups is 1. The molecule has 9 nitrogen and oxygen atoms in total. The number of fused-ring (bicyclic) bond motifs is 2. The smallest absolute Gasteiger partial charge is 0.335 e. The number of pyridine rings is 1. The fraction of sp³-hybridized carbons (Fsp3) is 0.432. The van der Waals surface area contributed by atoms with Crippen molar-refractivity contribution in [2.24, 2.45) is 7.05 Å². The number of hydrogen-bond acceptors (Lipinski definition) is 6. The highest BCUT2D eigenvalue weighted by atomic mass is 28.3. The number of aromatic carboxylic acids is 1. The minimum atomic E-state index is -1.19. The maximum Gasteiger partial charge on any atom is 0.335 e. The van der Waals surface area contributed by atoms with Crippen LogP contribution in [0, 0.1) is 0 Å². The van der Waals surface area contributed by atoms with Crippen LogP contribution >= 0.6 is 0 Å². The van der Waals surface area contributed by atoms with E-state index in [2.05, 4.69) is 78.0 Å². The first-order chi connectivity index (χ1) is 22.5. The number of aromatic nitrogens is 4. The number of aryl methyl sites for hydroxylation is 1. The van der Waals surface area contributed by atoms with Gasteiger partial charge in [0.15, 0.2) is 0 Å². The van der Waals surface area contributed by atoms with Crippen molar-refractivity contribution >= 4 is 36.1 Å². The summed E-state index contributed by atoms with van der Waals surface area (Å²) in [7, 11) is 2.63. The van der Waals surface area contributed by atoms with Gasteiger partial charge in [-0.15, -0.1) is 0 Å². The van der Waals surface area contributed by atoms with Gasteiger partial charge in [-0.05, 0) is 97.9 Å². The molecule has 6 rings (SSSR count). The van der Waals surface area contributed by atoms with Crippen LogP contribution in [0.1, 0.15) is 59.2 Å².